The van der Waals surface area contributed by atoms with E-state index in [0.29, 0.717) is 12.3 Å². The van der Waals surface area contributed by atoms with Gasteiger partial charge in [0.05, 0.1) is 0 Å². The Balaban J connectivity index is 1.79. The van der Waals surface area contributed by atoms with Crippen LogP contribution in [0, 0.1) is 5.92 Å². The Morgan fingerprint density at radius 1 is 1.31 bits per heavy atom. The van der Waals surface area contributed by atoms with E-state index in [9.17, 15) is 19.2 Å². The molecule has 0 aromatic heterocycles. The fraction of sp³-hybridized carbons (Fsp3) is 0.778. The van der Waals surface area contributed by atoms with Crippen molar-refractivity contribution in [3.8, 4) is 0 Å². The van der Waals surface area contributed by atoms with Gasteiger partial charge in [-0.1, -0.05) is 26.7 Å². The second kappa shape index (κ2) is 8.51. The lowest BCUT2D eigenvalue weighted by Crippen LogP contribution is -2.44. The molecule has 0 bridgehead atoms. The molecular formula is C18H29N3O5. The van der Waals surface area contributed by atoms with Crippen molar-refractivity contribution in [1.29, 1.82) is 0 Å². The molecular weight excluding hydrogens is 338 g/mol. The van der Waals surface area contributed by atoms with Gasteiger partial charge in [0.25, 0.3) is 11.8 Å². The summed E-state index contributed by atoms with van der Waals surface area (Å²) in [4.78, 5) is 49.1. The summed E-state index contributed by atoms with van der Waals surface area (Å²) in [6.45, 7) is 4.85. The first-order valence-corrected chi connectivity index (χ1v) is 9.30. The Morgan fingerprint density at radius 2 is 1.96 bits per heavy atom. The van der Waals surface area contributed by atoms with Crippen LogP contribution in [0.25, 0.3) is 0 Å². The number of imide groups is 1. The molecule has 2 N–H and O–H groups in total. The Morgan fingerprint density at radius 3 is 2.58 bits per heavy atom. The van der Waals surface area contributed by atoms with Crippen LogP contribution in [-0.4, -0.2) is 53.4 Å². The van der Waals surface area contributed by atoms with E-state index in [4.69, 9.17) is 4.74 Å². The number of hydrogen-bond donors (Lipinski definition) is 2. The number of amides is 4. The third-order valence-corrected chi connectivity index (χ3v) is 4.94. The van der Waals surface area contributed by atoms with E-state index in [1.807, 2.05) is 13.8 Å². The molecule has 2 fully saturated rings. The third kappa shape index (κ3) is 5.19. The van der Waals surface area contributed by atoms with Crippen LogP contribution >= 0.6 is 0 Å². The number of rotatable bonds is 8. The van der Waals surface area contributed by atoms with Crippen molar-refractivity contribution in [3.05, 3.63) is 0 Å². The van der Waals surface area contributed by atoms with Crippen LogP contribution in [0.3, 0.4) is 0 Å². The van der Waals surface area contributed by atoms with Crippen molar-refractivity contribution < 1.29 is 23.9 Å². The zero-order chi connectivity index (χ0) is 19.3. The first kappa shape index (κ1) is 20.2. The number of esters is 1. The van der Waals surface area contributed by atoms with E-state index in [1.165, 1.54) is 0 Å². The Hall–Kier alpha value is -2.12. The van der Waals surface area contributed by atoms with Crippen molar-refractivity contribution in [2.75, 3.05) is 13.2 Å². The van der Waals surface area contributed by atoms with Gasteiger partial charge in [-0.2, -0.15) is 0 Å². The molecule has 1 saturated carbocycles. The van der Waals surface area contributed by atoms with Gasteiger partial charge in [0, 0.05) is 6.04 Å². The molecule has 26 heavy (non-hydrogen) atoms. The van der Waals surface area contributed by atoms with Gasteiger partial charge in [0.2, 0.25) is 0 Å². The zero-order valence-corrected chi connectivity index (χ0v) is 15.8. The minimum Gasteiger partial charge on any atom is -0.454 e. The van der Waals surface area contributed by atoms with Gasteiger partial charge in [0.1, 0.15) is 12.1 Å². The maximum Gasteiger partial charge on any atom is 0.326 e. The number of ether oxygens (including phenoxy) is 1. The fourth-order valence-electron chi connectivity index (χ4n) is 3.30. The van der Waals surface area contributed by atoms with Gasteiger partial charge < -0.3 is 15.4 Å². The molecule has 1 atom stereocenters. The summed E-state index contributed by atoms with van der Waals surface area (Å²) in [6.07, 6.45) is 5.35. The molecule has 0 aromatic rings. The van der Waals surface area contributed by atoms with Crippen LogP contribution in [0.1, 0.15) is 59.3 Å². The Kier molecular flexibility index (Phi) is 6.61. The Labute approximate surface area is 154 Å². The molecule has 1 aliphatic heterocycles. The zero-order valence-electron chi connectivity index (χ0n) is 15.8. The van der Waals surface area contributed by atoms with Gasteiger partial charge in [0.15, 0.2) is 6.61 Å². The van der Waals surface area contributed by atoms with Gasteiger partial charge >= 0.3 is 12.0 Å². The summed E-state index contributed by atoms with van der Waals surface area (Å²) in [6, 6.07) is -0.456. The quantitative estimate of drug-likeness (QED) is 0.497. The van der Waals surface area contributed by atoms with Gasteiger partial charge in [-0.15, -0.1) is 0 Å². The lowest BCUT2D eigenvalue weighted by molar-refractivity contribution is -0.151. The summed E-state index contributed by atoms with van der Waals surface area (Å²) in [5.74, 6) is -1.17. The van der Waals surface area contributed by atoms with Crippen LogP contribution in [0.2, 0.25) is 0 Å². The lowest BCUT2D eigenvalue weighted by Gasteiger charge is -2.22. The van der Waals surface area contributed by atoms with Crippen molar-refractivity contribution in [1.82, 2.24) is 15.5 Å². The van der Waals surface area contributed by atoms with E-state index in [1.54, 1.807) is 6.92 Å². The van der Waals surface area contributed by atoms with Gasteiger partial charge in [-0.3, -0.25) is 19.3 Å². The molecule has 1 aliphatic carbocycles. The predicted octanol–water partition coefficient (Wildman–Crippen LogP) is 1.34. The average molecular weight is 367 g/mol. The molecule has 4 amide bonds. The van der Waals surface area contributed by atoms with Crippen LogP contribution < -0.4 is 10.6 Å². The second-order valence-corrected chi connectivity index (χ2v) is 7.80. The molecule has 0 aromatic carbocycles. The molecule has 0 radical (unpaired) electrons. The van der Waals surface area contributed by atoms with E-state index < -0.39 is 36.6 Å². The van der Waals surface area contributed by atoms with E-state index in [2.05, 4.69) is 10.6 Å². The molecule has 2 rings (SSSR count). The standard InChI is InChI=1S/C18H29N3O5/c1-12(2)8-9-18(3)16(24)21(17(25)20-18)10-15(23)26-11-14(22)19-13-6-4-5-7-13/h12-13H,4-11H2,1-3H3,(H,19,22)(H,20,25)/t18-/m0/s1. The highest BCUT2D eigenvalue weighted by atomic mass is 16.5. The maximum absolute atomic E-state index is 12.5. The van der Waals surface area contributed by atoms with Crippen LogP contribution in [-0.2, 0) is 19.1 Å². The van der Waals surface area contributed by atoms with Crippen molar-refractivity contribution in [2.45, 2.75) is 70.9 Å². The number of urea groups is 1. The number of carbonyl (C=O) groups is 4. The second-order valence-electron chi connectivity index (χ2n) is 7.80. The molecule has 2 aliphatic rings. The van der Waals surface area contributed by atoms with Crippen molar-refractivity contribution in [3.63, 3.8) is 0 Å². The van der Waals surface area contributed by atoms with Crippen LogP contribution in [0.4, 0.5) is 4.79 Å². The Bertz CT molecular complexity index is 571. The minimum atomic E-state index is -0.999. The normalized spacial score (nSPS) is 23.5. The minimum absolute atomic E-state index is 0.147. The first-order chi connectivity index (χ1) is 12.2. The van der Waals surface area contributed by atoms with E-state index in [-0.39, 0.29) is 11.9 Å². The van der Waals surface area contributed by atoms with Crippen molar-refractivity contribution >= 4 is 23.8 Å². The average Bonchev–Trinajstić information content (AvgIpc) is 3.14. The SMILES string of the molecule is CC(C)CC[C@]1(C)NC(=O)N(CC(=O)OCC(=O)NC2CCCC2)C1=O. The molecule has 8 heteroatoms. The summed E-state index contributed by atoms with van der Waals surface area (Å²) in [5.41, 5.74) is -0.999. The monoisotopic (exact) mass is 367 g/mol. The van der Waals surface area contributed by atoms with Gasteiger partial charge in [-0.25, -0.2) is 4.79 Å². The highest BCUT2D eigenvalue weighted by molar-refractivity contribution is 6.08. The number of carbonyl (C=O) groups excluding carboxylic acids is 4. The van der Waals surface area contributed by atoms with E-state index in [0.717, 1.165) is 37.0 Å². The van der Waals surface area contributed by atoms with Crippen LogP contribution in [0.15, 0.2) is 0 Å². The predicted molar refractivity (Wildman–Crippen MR) is 94.1 cm³/mol. The topological polar surface area (TPSA) is 105 Å². The number of nitrogens with one attached hydrogen (secondary N) is 2. The summed E-state index contributed by atoms with van der Waals surface area (Å²) in [7, 11) is 0. The molecule has 1 heterocycles. The summed E-state index contributed by atoms with van der Waals surface area (Å²) < 4.78 is 4.91. The number of nitrogens with zero attached hydrogens (tertiary/aromatic N) is 1. The smallest absolute Gasteiger partial charge is 0.326 e. The molecule has 0 spiro atoms. The van der Waals surface area contributed by atoms with Crippen LogP contribution in [0.5, 0.6) is 0 Å². The highest BCUT2D eigenvalue weighted by Crippen LogP contribution is 2.24. The summed E-state index contributed by atoms with van der Waals surface area (Å²) >= 11 is 0. The first-order valence-electron chi connectivity index (χ1n) is 9.30. The van der Waals surface area contributed by atoms with Gasteiger partial charge in [-0.05, 0) is 38.5 Å². The fourth-order valence-corrected chi connectivity index (χ4v) is 3.30. The highest BCUT2D eigenvalue weighted by Gasteiger charge is 2.48. The van der Waals surface area contributed by atoms with E-state index >= 15 is 0 Å². The summed E-state index contributed by atoms with van der Waals surface area (Å²) in [5, 5.41) is 5.46. The molecule has 146 valence electrons. The largest absolute Gasteiger partial charge is 0.454 e. The third-order valence-electron chi connectivity index (χ3n) is 4.94. The van der Waals surface area contributed by atoms with Crippen molar-refractivity contribution in [2.24, 2.45) is 5.92 Å². The lowest BCUT2D eigenvalue weighted by atomic mass is 9.92. The number of hydrogen-bond acceptors (Lipinski definition) is 5. The molecule has 8 nitrogen and oxygen atoms in total. The maximum atomic E-state index is 12.5. The molecule has 1 saturated heterocycles. The molecule has 0 unspecified atom stereocenters.